The highest BCUT2D eigenvalue weighted by Crippen LogP contribution is 2.51. The van der Waals surface area contributed by atoms with Crippen molar-refractivity contribution in [3.8, 4) is 0 Å². The number of ketones is 1. The van der Waals surface area contributed by atoms with Gasteiger partial charge in [0.05, 0.1) is 6.61 Å². The van der Waals surface area contributed by atoms with Crippen molar-refractivity contribution in [2.24, 2.45) is 17.3 Å². The van der Waals surface area contributed by atoms with Crippen molar-refractivity contribution in [3.63, 3.8) is 0 Å². The number of hydrogen-bond acceptors (Lipinski definition) is 3. The van der Waals surface area contributed by atoms with Crippen LogP contribution in [-0.2, 0) is 9.53 Å². The number of carbonyl (C=O) groups is 1. The topological polar surface area (TPSA) is 46.5 Å². The zero-order valence-corrected chi connectivity index (χ0v) is 8.56. The first-order chi connectivity index (χ1) is 6.55. The second-order valence-electron chi connectivity index (χ2n) is 4.56. The van der Waals surface area contributed by atoms with Gasteiger partial charge in [-0.05, 0) is 12.8 Å². The van der Waals surface area contributed by atoms with Crippen molar-refractivity contribution >= 4 is 5.78 Å². The van der Waals surface area contributed by atoms with E-state index < -0.39 is 6.29 Å². The Labute approximate surface area is 83.8 Å². The van der Waals surface area contributed by atoms with Gasteiger partial charge in [-0.1, -0.05) is 19.1 Å². The van der Waals surface area contributed by atoms with Crippen LogP contribution in [0.25, 0.3) is 0 Å². The molecule has 0 bridgehead atoms. The number of rotatable bonds is 2. The number of ether oxygens (including phenoxy) is 1. The molecule has 1 N–H and O–H groups in total. The zero-order chi connectivity index (χ0) is 10.3. The summed E-state index contributed by atoms with van der Waals surface area (Å²) in [4.78, 5) is 11.1. The predicted octanol–water partition coefficient (Wildman–Crippen LogP) is 1.12. The molecular weight excluding hydrogens is 180 g/mol. The fourth-order valence-corrected chi connectivity index (χ4v) is 2.53. The van der Waals surface area contributed by atoms with Gasteiger partial charge in [-0.15, -0.1) is 0 Å². The highest BCUT2D eigenvalue weighted by Gasteiger charge is 2.53. The largest absolute Gasteiger partial charge is 0.367 e. The number of aliphatic hydroxyl groups is 1. The summed E-state index contributed by atoms with van der Waals surface area (Å²) in [5.41, 5.74) is -0.286. The molecule has 1 aliphatic carbocycles. The third kappa shape index (κ3) is 1.23. The number of allylic oxidation sites excluding steroid dienone is 1. The van der Waals surface area contributed by atoms with E-state index in [1.54, 1.807) is 6.92 Å². The van der Waals surface area contributed by atoms with Gasteiger partial charge >= 0.3 is 0 Å². The number of hydrogen-bond donors (Lipinski definition) is 1. The molecule has 0 amide bonds. The van der Waals surface area contributed by atoms with E-state index in [0.29, 0.717) is 13.0 Å². The summed E-state index contributed by atoms with van der Waals surface area (Å²) in [5.74, 6) is 0.560. The van der Waals surface area contributed by atoms with Crippen molar-refractivity contribution in [1.82, 2.24) is 0 Å². The van der Waals surface area contributed by atoms with E-state index in [0.717, 1.165) is 0 Å². The van der Waals surface area contributed by atoms with E-state index in [2.05, 4.69) is 12.2 Å². The molecule has 2 aliphatic rings. The third-order valence-electron chi connectivity index (χ3n) is 3.65. The van der Waals surface area contributed by atoms with Gasteiger partial charge in [0.25, 0.3) is 0 Å². The maximum Gasteiger partial charge on any atom is 0.161 e. The van der Waals surface area contributed by atoms with Crippen molar-refractivity contribution in [2.75, 3.05) is 6.61 Å². The maximum atomic E-state index is 11.1. The van der Waals surface area contributed by atoms with Crippen LogP contribution >= 0.6 is 0 Å². The molecule has 0 radical (unpaired) electrons. The molecule has 4 unspecified atom stereocenters. The summed E-state index contributed by atoms with van der Waals surface area (Å²) in [7, 11) is 0. The van der Waals surface area contributed by atoms with E-state index in [1.165, 1.54) is 0 Å². The van der Waals surface area contributed by atoms with Crippen LogP contribution in [0.1, 0.15) is 20.3 Å². The lowest BCUT2D eigenvalue weighted by Gasteiger charge is -2.32. The highest BCUT2D eigenvalue weighted by atomic mass is 16.6. The maximum absolute atomic E-state index is 11.1. The fraction of sp³-hybridized carbons (Fsp3) is 0.727. The van der Waals surface area contributed by atoms with Crippen LogP contribution < -0.4 is 0 Å². The average Bonchev–Trinajstić information content (AvgIpc) is 2.54. The van der Waals surface area contributed by atoms with Gasteiger partial charge in [0, 0.05) is 17.8 Å². The lowest BCUT2D eigenvalue weighted by molar-refractivity contribution is -0.131. The molecule has 14 heavy (non-hydrogen) atoms. The third-order valence-corrected chi connectivity index (χ3v) is 3.65. The fourth-order valence-electron chi connectivity index (χ4n) is 2.53. The van der Waals surface area contributed by atoms with E-state index in [-0.39, 0.29) is 23.0 Å². The normalized spacial score (nSPS) is 45.5. The molecule has 3 nitrogen and oxygen atoms in total. The van der Waals surface area contributed by atoms with Gasteiger partial charge in [-0.25, -0.2) is 0 Å². The first-order valence-electron chi connectivity index (χ1n) is 5.02. The van der Waals surface area contributed by atoms with Gasteiger partial charge in [0.1, 0.15) is 5.78 Å². The summed E-state index contributed by atoms with van der Waals surface area (Å²) in [6, 6.07) is 0. The van der Waals surface area contributed by atoms with Crippen LogP contribution in [-0.4, -0.2) is 23.8 Å². The molecule has 78 valence electrons. The SMILES string of the molecule is CC(=O)CC1C=CC2COC(O)C21C. The molecule has 0 aromatic heterocycles. The minimum Gasteiger partial charge on any atom is -0.367 e. The summed E-state index contributed by atoms with van der Waals surface area (Å²) >= 11 is 0. The highest BCUT2D eigenvalue weighted by molar-refractivity contribution is 5.76. The van der Waals surface area contributed by atoms with E-state index in [4.69, 9.17) is 4.74 Å². The molecule has 4 atom stereocenters. The zero-order valence-electron chi connectivity index (χ0n) is 8.56. The minimum atomic E-state index is -0.730. The summed E-state index contributed by atoms with van der Waals surface area (Å²) in [6.07, 6.45) is 3.90. The quantitative estimate of drug-likeness (QED) is 0.673. The Morgan fingerprint density at radius 2 is 2.36 bits per heavy atom. The number of aliphatic hydroxyl groups excluding tert-OH is 1. The Balaban J connectivity index is 2.20. The van der Waals surface area contributed by atoms with E-state index in [9.17, 15) is 9.90 Å². The van der Waals surface area contributed by atoms with Crippen molar-refractivity contribution in [2.45, 2.75) is 26.6 Å². The van der Waals surface area contributed by atoms with Gasteiger partial charge < -0.3 is 14.6 Å². The van der Waals surface area contributed by atoms with Crippen molar-refractivity contribution < 1.29 is 14.6 Å². The van der Waals surface area contributed by atoms with Crippen LogP contribution in [0.15, 0.2) is 12.2 Å². The Morgan fingerprint density at radius 3 is 3.00 bits per heavy atom. The summed E-state index contributed by atoms with van der Waals surface area (Å²) in [5, 5.41) is 9.77. The summed E-state index contributed by atoms with van der Waals surface area (Å²) < 4.78 is 5.23. The molecule has 1 heterocycles. The first-order valence-corrected chi connectivity index (χ1v) is 5.02. The van der Waals surface area contributed by atoms with Gasteiger partial charge in [-0.2, -0.15) is 0 Å². The monoisotopic (exact) mass is 196 g/mol. The molecule has 3 heteroatoms. The second kappa shape index (κ2) is 3.17. The molecule has 0 aromatic carbocycles. The predicted molar refractivity (Wildman–Crippen MR) is 51.5 cm³/mol. The average molecular weight is 196 g/mol. The number of carbonyl (C=O) groups excluding carboxylic acids is 1. The van der Waals surface area contributed by atoms with Gasteiger partial charge in [0.15, 0.2) is 6.29 Å². The van der Waals surface area contributed by atoms with E-state index in [1.807, 2.05) is 6.92 Å². The molecular formula is C11H16O3. The number of fused-ring (bicyclic) bond motifs is 1. The molecule has 0 saturated carbocycles. The molecule has 1 aliphatic heterocycles. The minimum absolute atomic E-state index is 0.127. The molecule has 1 saturated heterocycles. The summed E-state index contributed by atoms with van der Waals surface area (Å²) in [6.45, 7) is 4.16. The molecule has 0 spiro atoms. The Kier molecular flexibility index (Phi) is 2.24. The van der Waals surface area contributed by atoms with E-state index >= 15 is 0 Å². The smallest absolute Gasteiger partial charge is 0.161 e. The lowest BCUT2D eigenvalue weighted by Crippen LogP contribution is -2.37. The molecule has 1 fully saturated rings. The van der Waals surface area contributed by atoms with Crippen LogP contribution in [0.4, 0.5) is 0 Å². The van der Waals surface area contributed by atoms with Crippen LogP contribution in [0, 0.1) is 17.3 Å². The Morgan fingerprint density at radius 1 is 1.64 bits per heavy atom. The van der Waals surface area contributed by atoms with Crippen LogP contribution in [0.2, 0.25) is 0 Å². The molecule has 2 rings (SSSR count). The van der Waals surface area contributed by atoms with Gasteiger partial charge in [0.2, 0.25) is 0 Å². The van der Waals surface area contributed by atoms with Gasteiger partial charge in [-0.3, -0.25) is 0 Å². The Hall–Kier alpha value is -0.670. The number of Topliss-reactive ketones (excluding diaryl/α,β-unsaturated/α-hetero) is 1. The van der Waals surface area contributed by atoms with Crippen LogP contribution in [0.3, 0.4) is 0 Å². The molecule has 0 aromatic rings. The lowest BCUT2D eigenvalue weighted by atomic mass is 9.72. The van der Waals surface area contributed by atoms with Crippen molar-refractivity contribution in [3.05, 3.63) is 12.2 Å². The Bertz CT molecular complexity index is 284. The van der Waals surface area contributed by atoms with Crippen LogP contribution in [0.5, 0.6) is 0 Å². The van der Waals surface area contributed by atoms with Crippen molar-refractivity contribution in [1.29, 1.82) is 0 Å². The second-order valence-corrected chi connectivity index (χ2v) is 4.56. The first kappa shape index (κ1) is 9.87. The standard InChI is InChI=1S/C11H16O3/c1-7(12)5-8-3-4-9-6-14-10(13)11(8,9)2/h3-4,8-10,13H,5-6H2,1-2H3.